The Morgan fingerprint density at radius 1 is 1.15 bits per heavy atom. The number of nitrogens with zero attached hydrogens (tertiary/aromatic N) is 2. The topological polar surface area (TPSA) is 73.2 Å². The van der Waals surface area contributed by atoms with Crippen molar-refractivity contribution < 1.29 is 9.53 Å². The van der Waals surface area contributed by atoms with Crippen molar-refractivity contribution in [1.82, 2.24) is 14.9 Å². The van der Waals surface area contributed by atoms with Crippen molar-refractivity contribution in [3.8, 4) is 5.75 Å². The van der Waals surface area contributed by atoms with E-state index in [4.69, 9.17) is 4.74 Å². The summed E-state index contributed by atoms with van der Waals surface area (Å²) in [4.78, 5) is 28.8. The zero-order valence-corrected chi connectivity index (χ0v) is 14.6. The van der Waals surface area contributed by atoms with E-state index in [1.54, 1.807) is 18.2 Å². The highest BCUT2D eigenvalue weighted by Gasteiger charge is 2.08. The monoisotopic (exact) mass is 351 g/mol. The molecular weight excluding hydrogens is 330 g/mol. The van der Waals surface area contributed by atoms with Crippen LogP contribution in [-0.2, 0) is 17.9 Å². The first-order chi connectivity index (χ1) is 12.7. The molecule has 3 aromatic rings. The average Bonchev–Trinajstić information content (AvgIpc) is 2.68. The molecule has 0 aliphatic heterocycles. The highest BCUT2D eigenvalue weighted by molar-refractivity contribution is 5.78. The minimum absolute atomic E-state index is 0.0611. The predicted molar refractivity (Wildman–Crippen MR) is 100 cm³/mol. The van der Waals surface area contributed by atoms with Crippen LogP contribution in [0.15, 0.2) is 59.7 Å². The van der Waals surface area contributed by atoms with E-state index in [-0.39, 0.29) is 18.0 Å². The van der Waals surface area contributed by atoms with Crippen molar-refractivity contribution in [2.45, 2.75) is 26.4 Å². The number of amides is 1. The first-order valence-electron chi connectivity index (χ1n) is 8.60. The Kier molecular flexibility index (Phi) is 5.63. The summed E-state index contributed by atoms with van der Waals surface area (Å²) in [5, 5.41) is 3.32. The molecule has 1 amide bonds. The molecule has 26 heavy (non-hydrogen) atoms. The van der Waals surface area contributed by atoms with Crippen LogP contribution in [0.5, 0.6) is 5.75 Å². The van der Waals surface area contributed by atoms with Crippen LogP contribution in [0.3, 0.4) is 0 Å². The zero-order chi connectivity index (χ0) is 18.4. The molecule has 0 fully saturated rings. The normalized spacial score (nSPS) is 10.7. The third-order valence-corrected chi connectivity index (χ3v) is 3.93. The number of hydrogen-bond donors (Lipinski definition) is 1. The Morgan fingerprint density at radius 2 is 1.92 bits per heavy atom. The van der Waals surface area contributed by atoms with E-state index in [0.717, 1.165) is 17.7 Å². The molecule has 0 radical (unpaired) electrons. The third-order valence-electron chi connectivity index (χ3n) is 3.93. The molecule has 1 aromatic heterocycles. The van der Waals surface area contributed by atoms with Gasteiger partial charge in [0.2, 0.25) is 5.91 Å². The summed E-state index contributed by atoms with van der Waals surface area (Å²) in [5.41, 5.74) is 1.37. The fraction of sp³-hybridized carbons (Fsp3) is 0.250. The third kappa shape index (κ3) is 4.27. The number of aromatic nitrogens is 2. The van der Waals surface area contributed by atoms with Gasteiger partial charge in [0.05, 0.1) is 23.8 Å². The van der Waals surface area contributed by atoms with Crippen molar-refractivity contribution in [2.75, 3.05) is 6.61 Å². The molecule has 2 aromatic carbocycles. The van der Waals surface area contributed by atoms with Crippen LogP contribution in [-0.4, -0.2) is 22.1 Å². The lowest BCUT2D eigenvalue weighted by molar-refractivity contribution is -0.121. The first-order valence-corrected chi connectivity index (χ1v) is 8.60. The summed E-state index contributed by atoms with van der Waals surface area (Å²) in [7, 11) is 0. The Bertz CT molecular complexity index is 948. The Balaban J connectivity index is 1.59. The average molecular weight is 351 g/mol. The minimum atomic E-state index is -0.240. The highest BCUT2D eigenvalue weighted by atomic mass is 16.5. The molecule has 0 aliphatic carbocycles. The zero-order valence-electron chi connectivity index (χ0n) is 14.6. The van der Waals surface area contributed by atoms with E-state index in [0.29, 0.717) is 24.1 Å². The van der Waals surface area contributed by atoms with Crippen LogP contribution in [0, 0.1) is 0 Å². The Morgan fingerprint density at radius 3 is 2.69 bits per heavy atom. The molecule has 6 heteroatoms. The summed E-state index contributed by atoms with van der Waals surface area (Å²) >= 11 is 0. The first kappa shape index (κ1) is 17.7. The maximum absolute atomic E-state index is 12.4. The van der Waals surface area contributed by atoms with Gasteiger partial charge in [-0.05, 0) is 36.2 Å². The smallest absolute Gasteiger partial charge is 0.261 e. The van der Waals surface area contributed by atoms with Crippen LogP contribution in [0.2, 0.25) is 0 Å². The quantitative estimate of drug-likeness (QED) is 0.710. The van der Waals surface area contributed by atoms with Gasteiger partial charge in [-0.25, -0.2) is 4.98 Å². The molecule has 0 aliphatic rings. The molecule has 0 atom stereocenters. The van der Waals surface area contributed by atoms with E-state index in [2.05, 4.69) is 17.2 Å². The second-order valence-corrected chi connectivity index (χ2v) is 5.96. The molecule has 6 nitrogen and oxygen atoms in total. The fourth-order valence-corrected chi connectivity index (χ4v) is 2.55. The van der Waals surface area contributed by atoms with Gasteiger partial charge < -0.3 is 10.1 Å². The fourth-order valence-electron chi connectivity index (χ4n) is 2.55. The number of hydrogen-bond acceptors (Lipinski definition) is 4. The molecule has 0 bridgehead atoms. The van der Waals surface area contributed by atoms with Crippen molar-refractivity contribution in [2.24, 2.45) is 0 Å². The number of para-hydroxylation sites is 1. The molecule has 0 unspecified atom stereocenters. The van der Waals surface area contributed by atoms with E-state index in [9.17, 15) is 9.59 Å². The van der Waals surface area contributed by atoms with E-state index in [1.165, 1.54) is 10.9 Å². The van der Waals surface area contributed by atoms with Gasteiger partial charge in [0.25, 0.3) is 5.56 Å². The summed E-state index contributed by atoms with van der Waals surface area (Å²) < 4.78 is 6.85. The molecule has 3 rings (SSSR count). The van der Waals surface area contributed by atoms with Gasteiger partial charge in [-0.1, -0.05) is 31.2 Å². The maximum Gasteiger partial charge on any atom is 0.261 e. The number of nitrogens with one attached hydrogen (secondary N) is 1. The summed E-state index contributed by atoms with van der Waals surface area (Å²) in [6, 6.07) is 14.7. The van der Waals surface area contributed by atoms with Crippen molar-refractivity contribution >= 4 is 16.8 Å². The van der Waals surface area contributed by atoms with Crippen LogP contribution in [0.1, 0.15) is 18.9 Å². The van der Waals surface area contributed by atoms with Gasteiger partial charge in [0.1, 0.15) is 12.3 Å². The summed E-state index contributed by atoms with van der Waals surface area (Å²) in [5.74, 6) is 0.575. The molecule has 0 spiro atoms. The lowest BCUT2D eigenvalue weighted by Gasteiger charge is -2.09. The lowest BCUT2D eigenvalue weighted by atomic mass is 10.2. The molecule has 134 valence electrons. The van der Waals surface area contributed by atoms with Crippen LogP contribution < -0.4 is 15.6 Å². The van der Waals surface area contributed by atoms with Gasteiger partial charge in [0, 0.05) is 6.54 Å². The van der Waals surface area contributed by atoms with E-state index < -0.39 is 0 Å². The molecular formula is C20H21N3O3. The van der Waals surface area contributed by atoms with Gasteiger partial charge >= 0.3 is 0 Å². The van der Waals surface area contributed by atoms with Gasteiger partial charge in [-0.3, -0.25) is 14.2 Å². The number of carbonyl (C=O) groups excluding carboxylic acids is 1. The standard InChI is InChI=1S/C20H21N3O3/c1-2-11-26-16-9-7-15(8-10-16)12-21-19(24)13-23-14-22-18-6-4-3-5-17(18)20(23)25/h3-10,14H,2,11-13H2,1H3,(H,21,24). The van der Waals surface area contributed by atoms with Crippen LogP contribution in [0.4, 0.5) is 0 Å². The van der Waals surface area contributed by atoms with Crippen LogP contribution in [0.25, 0.3) is 10.9 Å². The van der Waals surface area contributed by atoms with Crippen molar-refractivity contribution in [3.63, 3.8) is 0 Å². The lowest BCUT2D eigenvalue weighted by Crippen LogP contribution is -2.32. The highest BCUT2D eigenvalue weighted by Crippen LogP contribution is 2.12. The van der Waals surface area contributed by atoms with E-state index in [1.807, 2.05) is 30.3 Å². The van der Waals surface area contributed by atoms with Gasteiger partial charge in [-0.15, -0.1) is 0 Å². The SMILES string of the molecule is CCCOc1ccc(CNC(=O)Cn2cnc3ccccc3c2=O)cc1. The molecule has 0 saturated heterocycles. The van der Waals surface area contributed by atoms with Gasteiger partial charge in [0.15, 0.2) is 0 Å². The second-order valence-electron chi connectivity index (χ2n) is 5.96. The second kappa shape index (κ2) is 8.29. The molecule has 1 N–H and O–H groups in total. The largest absolute Gasteiger partial charge is 0.494 e. The summed E-state index contributed by atoms with van der Waals surface area (Å²) in [6.45, 7) is 3.07. The number of benzene rings is 2. The maximum atomic E-state index is 12.4. The molecule has 0 saturated carbocycles. The number of carbonyl (C=O) groups is 1. The Labute approximate surface area is 151 Å². The molecule has 1 heterocycles. The Hall–Kier alpha value is -3.15. The summed E-state index contributed by atoms with van der Waals surface area (Å²) in [6.07, 6.45) is 2.37. The number of fused-ring (bicyclic) bond motifs is 1. The van der Waals surface area contributed by atoms with Crippen LogP contribution >= 0.6 is 0 Å². The van der Waals surface area contributed by atoms with Crippen molar-refractivity contribution in [3.05, 3.63) is 70.8 Å². The van der Waals surface area contributed by atoms with Crippen molar-refractivity contribution in [1.29, 1.82) is 0 Å². The van der Waals surface area contributed by atoms with E-state index >= 15 is 0 Å². The predicted octanol–water partition coefficient (Wildman–Crippen LogP) is 2.50. The van der Waals surface area contributed by atoms with Gasteiger partial charge in [-0.2, -0.15) is 0 Å². The number of ether oxygens (including phenoxy) is 1. The number of rotatable bonds is 7. The minimum Gasteiger partial charge on any atom is -0.494 e.